The van der Waals surface area contributed by atoms with Gasteiger partial charge in [-0.2, -0.15) is 0 Å². The zero-order valence-electron chi connectivity index (χ0n) is 10.5. The number of likely N-dealkylation sites (N-methyl/N-ethyl adjacent to an activating group) is 1. The van der Waals surface area contributed by atoms with E-state index in [2.05, 4.69) is 5.32 Å². The largest absolute Gasteiger partial charge is 0.480 e. The lowest BCUT2D eigenvalue weighted by molar-refractivity contribution is -0.143. The van der Waals surface area contributed by atoms with Gasteiger partial charge < -0.3 is 15.3 Å². The van der Waals surface area contributed by atoms with E-state index in [4.69, 9.17) is 5.11 Å². The molecule has 0 spiro atoms. The van der Waals surface area contributed by atoms with Crippen LogP contribution in [-0.2, 0) is 14.4 Å². The Bertz CT molecular complexity index is 289. The topological polar surface area (TPSA) is 86.7 Å². The van der Waals surface area contributed by atoms with E-state index in [-0.39, 0.29) is 37.2 Å². The molecule has 0 aromatic carbocycles. The Hall–Kier alpha value is -1.59. The lowest BCUT2D eigenvalue weighted by Crippen LogP contribution is -2.32. The van der Waals surface area contributed by atoms with Gasteiger partial charge in [0.1, 0.15) is 6.54 Å². The average Bonchev–Trinajstić information content (AvgIpc) is 2.14. The normalized spacial score (nSPS) is 10.1. The summed E-state index contributed by atoms with van der Waals surface area (Å²) >= 11 is 0. The van der Waals surface area contributed by atoms with Crippen LogP contribution in [0.4, 0.5) is 0 Å². The number of amides is 2. The molecule has 0 aliphatic rings. The maximum atomic E-state index is 11.4. The fraction of sp³-hybridized carbons (Fsp3) is 0.727. The third-order valence-electron chi connectivity index (χ3n) is 2.04. The third-order valence-corrected chi connectivity index (χ3v) is 2.04. The van der Waals surface area contributed by atoms with E-state index in [1.54, 1.807) is 0 Å². The van der Waals surface area contributed by atoms with Crippen molar-refractivity contribution in [3.8, 4) is 0 Å². The van der Waals surface area contributed by atoms with Gasteiger partial charge >= 0.3 is 5.97 Å². The average molecular weight is 244 g/mol. The number of aliphatic carboxylic acids is 1. The highest BCUT2D eigenvalue weighted by atomic mass is 16.4. The summed E-state index contributed by atoms with van der Waals surface area (Å²) in [6.45, 7) is 3.42. The van der Waals surface area contributed by atoms with Gasteiger partial charge in [0.2, 0.25) is 11.8 Å². The van der Waals surface area contributed by atoms with E-state index in [1.165, 1.54) is 7.05 Å². The molecule has 0 heterocycles. The molecule has 0 unspecified atom stereocenters. The van der Waals surface area contributed by atoms with Crippen molar-refractivity contribution in [2.24, 2.45) is 0 Å². The van der Waals surface area contributed by atoms with Gasteiger partial charge in [0.05, 0.1) is 0 Å². The number of carbonyl (C=O) groups is 3. The second-order valence-electron chi connectivity index (χ2n) is 4.22. The lowest BCUT2D eigenvalue weighted by Gasteiger charge is -2.14. The summed E-state index contributed by atoms with van der Waals surface area (Å²) in [5, 5.41) is 11.2. The Morgan fingerprint density at radius 3 is 2.29 bits per heavy atom. The quantitative estimate of drug-likeness (QED) is 0.671. The van der Waals surface area contributed by atoms with Crippen LogP contribution in [0.15, 0.2) is 0 Å². The van der Waals surface area contributed by atoms with Crippen molar-refractivity contribution in [2.75, 3.05) is 13.6 Å². The summed E-state index contributed by atoms with van der Waals surface area (Å²) in [5.74, 6) is -1.39. The van der Waals surface area contributed by atoms with E-state index in [9.17, 15) is 14.4 Å². The predicted molar refractivity (Wildman–Crippen MR) is 62.4 cm³/mol. The van der Waals surface area contributed by atoms with Gasteiger partial charge in [-0.3, -0.25) is 14.4 Å². The minimum absolute atomic E-state index is 0.0892. The Balaban J connectivity index is 3.77. The fourth-order valence-electron chi connectivity index (χ4n) is 1.28. The van der Waals surface area contributed by atoms with E-state index in [0.717, 1.165) is 4.90 Å². The molecule has 0 fully saturated rings. The molecule has 0 aliphatic carbocycles. The zero-order chi connectivity index (χ0) is 13.4. The molecule has 17 heavy (non-hydrogen) atoms. The van der Waals surface area contributed by atoms with Crippen LogP contribution in [0.25, 0.3) is 0 Å². The first-order valence-electron chi connectivity index (χ1n) is 5.58. The van der Waals surface area contributed by atoms with Crippen molar-refractivity contribution in [3.63, 3.8) is 0 Å². The number of hydrogen-bond acceptors (Lipinski definition) is 3. The van der Waals surface area contributed by atoms with Crippen molar-refractivity contribution in [1.29, 1.82) is 0 Å². The first kappa shape index (κ1) is 15.4. The monoisotopic (exact) mass is 244 g/mol. The zero-order valence-corrected chi connectivity index (χ0v) is 10.5. The second kappa shape index (κ2) is 7.65. The number of carbonyl (C=O) groups excluding carboxylic acids is 2. The second-order valence-corrected chi connectivity index (χ2v) is 4.22. The first-order valence-corrected chi connectivity index (χ1v) is 5.58. The van der Waals surface area contributed by atoms with E-state index in [1.807, 2.05) is 13.8 Å². The highest BCUT2D eigenvalue weighted by Crippen LogP contribution is 2.00. The van der Waals surface area contributed by atoms with E-state index < -0.39 is 5.97 Å². The molecular weight excluding hydrogens is 224 g/mol. The van der Waals surface area contributed by atoms with Gasteiger partial charge in [-0.05, 0) is 20.3 Å². The molecule has 2 amide bonds. The van der Waals surface area contributed by atoms with Crippen LogP contribution in [0.5, 0.6) is 0 Å². The Labute approximate surface area is 101 Å². The number of nitrogens with one attached hydrogen (secondary N) is 1. The summed E-state index contributed by atoms with van der Waals surface area (Å²) in [5.41, 5.74) is 0. The molecule has 0 aliphatic heterocycles. The highest BCUT2D eigenvalue weighted by Gasteiger charge is 2.12. The standard InChI is InChI=1S/C11H20N2O4/c1-8(2)12-9(14)5-4-6-10(15)13(3)7-11(16)17/h8H,4-7H2,1-3H3,(H,12,14)(H,16,17). The number of hydrogen-bond donors (Lipinski definition) is 2. The lowest BCUT2D eigenvalue weighted by atomic mass is 10.2. The minimum Gasteiger partial charge on any atom is -0.480 e. The highest BCUT2D eigenvalue weighted by molar-refractivity contribution is 5.82. The van der Waals surface area contributed by atoms with Gasteiger partial charge in [0.15, 0.2) is 0 Å². The maximum Gasteiger partial charge on any atom is 0.323 e. The minimum atomic E-state index is -1.04. The molecule has 6 heteroatoms. The van der Waals surface area contributed by atoms with Crippen LogP contribution in [-0.4, -0.2) is 47.4 Å². The van der Waals surface area contributed by atoms with Gasteiger partial charge in [0.25, 0.3) is 0 Å². The smallest absolute Gasteiger partial charge is 0.323 e. The molecular formula is C11H20N2O4. The third kappa shape index (κ3) is 8.24. The van der Waals surface area contributed by atoms with E-state index >= 15 is 0 Å². The van der Waals surface area contributed by atoms with Gasteiger partial charge in [-0.1, -0.05) is 0 Å². The predicted octanol–water partition coefficient (Wildman–Crippen LogP) is 0.224. The maximum absolute atomic E-state index is 11.4. The van der Waals surface area contributed by atoms with Gasteiger partial charge in [-0.25, -0.2) is 0 Å². The molecule has 0 saturated heterocycles. The summed E-state index contributed by atoms with van der Waals surface area (Å²) < 4.78 is 0. The molecule has 2 N–H and O–H groups in total. The summed E-state index contributed by atoms with van der Waals surface area (Å²) in [6, 6.07) is 0.0906. The van der Waals surface area contributed by atoms with Crippen LogP contribution in [0.3, 0.4) is 0 Å². The van der Waals surface area contributed by atoms with Crippen LogP contribution in [0, 0.1) is 0 Å². The Morgan fingerprint density at radius 2 is 1.82 bits per heavy atom. The molecule has 6 nitrogen and oxygen atoms in total. The van der Waals surface area contributed by atoms with Crippen LogP contribution < -0.4 is 5.32 Å². The number of rotatable bonds is 7. The Morgan fingerprint density at radius 1 is 1.24 bits per heavy atom. The fourth-order valence-corrected chi connectivity index (χ4v) is 1.28. The van der Waals surface area contributed by atoms with E-state index in [0.29, 0.717) is 6.42 Å². The van der Waals surface area contributed by atoms with Crippen molar-refractivity contribution in [3.05, 3.63) is 0 Å². The summed E-state index contributed by atoms with van der Waals surface area (Å²) in [6.07, 6.45) is 0.904. The molecule has 0 atom stereocenters. The molecule has 98 valence electrons. The molecule has 0 bridgehead atoms. The Kier molecular flexibility index (Phi) is 6.93. The van der Waals surface area contributed by atoms with Crippen LogP contribution in [0.1, 0.15) is 33.1 Å². The van der Waals surface area contributed by atoms with Crippen LogP contribution in [0.2, 0.25) is 0 Å². The van der Waals surface area contributed by atoms with Crippen molar-refractivity contribution in [2.45, 2.75) is 39.2 Å². The first-order chi connectivity index (χ1) is 7.82. The summed E-state index contributed by atoms with van der Waals surface area (Å²) in [4.78, 5) is 34.2. The number of carboxylic acid groups (broad SMARTS) is 1. The molecule has 0 saturated carbocycles. The van der Waals surface area contributed by atoms with Gasteiger partial charge in [0, 0.05) is 25.9 Å². The van der Waals surface area contributed by atoms with Gasteiger partial charge in [-0.15, -0.1) is 0 Å². The van der Waals surface area contributed by atoms with Crippen LogP contribution >= 0.6 is 0 Å². The SMILES string of the molecule is CC(C)NC(=O)CCCC(=O)N(C)CC(=O)O. The number of carboxylic acids is 1. The number of nitrogens with zero attached hydrogens (tertiary/aromatic N) is 1. The summed E-state index contributed by atoms with van der Waals surface area (Å²) in [7, 11) is 1.44. The molecule has 0 aromatic rings. The van der Waals surface area contributed by atoms with Crippen molar-refractivity contribution in [1.82, 2.24) is 10.2 Å². The molecule has 0 rings (SSSR count). The molecule has 0 radical (unpaired) electrons. The van der Waals surface area contributed by atoms with Crippen molar-refractivity contribution < 1.29 is 19.5 Å². The molecule has 0 aromatic heterocycles. The van der Waals surface area contributed by atoms with Crippen molar-refractivity contribution >= 4 is 17.8 Å².